The Morgan fingerprint density at radius 2 is 1.89 bits per heavy atom. The van der Waals surface area contributed by atoms with Crippen LogP contribution in [-0.2, 0) is 11.2 Å². The Labute approximate surface area is 203 Å². The topological polar surface area (TPSA) is 111 Å². The predicted molar refractivity (Wildman–Crippen MR) is 120 cm³/mol. The number of primary amides is 1. The molecule has 12 heteroatoms. The lowest BCUT2D eigenvalue weighted by Gasteiger charge is -2.35. The molecule has 0 bridgehead atoms. The molecule has 1 saturated heterocycles. The molecule has 0 spiro atoms. The van der Waals surface area contributed by atoms with Crippen LogP contribution in [0.15, 0.2) is 54.9 Å². The molecule has 3 aromatic rings. The number of carbonyl (C=O) groups is 2. The fourth-order valence-electron chi connectivity index (χ4n) is 3.91. The van der Waals surface area contributed by atoms with Crippen molar-refractivity contribution in [3.8, 4) is 22.6 Å². The Hall–Kier alpha value is -4.09. The molecular formula is C24H22F4N4O4. The summed E-state index contributed by atoms with van der Waals surface area (Å²) >= 11 is 0. The van der Waals surface area contributed by atoms with Crippen LogP contribution < -0.4 is 15.2 Å². The van der Waals surface area contributed by atoms with Gasteiger partial charge in [-0.1, -0.05) is 18.2 Å². The average Bonchev–Trinajstić information content (AvgIpc) is 3.36. The maximum Gasteiger partial charge on any atom is 0.573 e. The lowest BCUT2D eigenvalue weighted by Crippen LogP contribution is -2.49. The van der Waals surface area contributed by atoms with Gasteiger partial charge in [0.2, 0.25) is 5.91 Å². The molecule has 0 saturated carbocycles. The number of amides is 2. The van der Waals surface area contributed by atoms with E-state index in [-0.39, 0.29) is 43.2 Å². The highest BCUT2D eigenvalue weighted by atomic mass is 19.4. The highest BCUT2D eigenvalue weighted by Crippen LogP contribution is 2.29. The normalized spacial score (nSPS) is 18.1. The van der Waals surface area contributed by atoms with E-state index in [1.807, 2.05) is 0 Å². The molecule has 2 heterocycles. The smallest absolute Gasteiger partial charge is 0.486 e. The number of ether oxygens (including phenoxy) is 2. The number of halogens is 4. The highest BCUT2D eigenvalue weighted by Gasteiger charge is 2.34. The van der Waals surface area contributed by atoms with E-state index in [1.54, 1.807) is 30.6 Å². The monoisotopic (exact) mass is 506 g/mol. The molecule has 1 aromatic heterocycles. The van der Waals surface area contributed by atoms with Gasteiger partial charge in [0.1, 0.15) is 17.6 Å². The third-order valence-electron chi connectivity index (χ3n) is 5.70. The van der Waals surface area contributed by atoms with Gasteiger partial charge in [0, 0.05) is 24.7 Å². The molecule has 4 rings (SSSR count). The number of H-pyrrole nitrogens is 1. The Bertz CT molecular complexity index is 1220. The quantitative estimate of drug-likeness (QED) is 0.476. The summed E-state index contributed by atoms with van der Waals surface area (Å²) in [6, 6.07) is 9.70. The van der Waals surface area contributed by atoms with Crippen LogP contribution in [0.25, 0.3) is 11.1 Å². The number of benzene rings is 2. The minimum absolute atomic E-state index is 0.0948. The number of hydrogen-bond acceptors (Lipinski definition) is 5. The lowest BCUT2D eigenvalue weighted by molar-refractivity contribution is -0.274. The fourth-order valence-corrected chi connectivity index (χ4v) is 3.91. The second kappa shape index (κ2) is 10.3. The van der Waals surface area contributed by atoms with Crippen molar-refractivity contribution in [1.29, 1.82) is 0 Å². The van der Waals surface area contributed by atoms with Gasteiger partial charge in [-0.15, -0.1) is 13.2 Å². The van der Waals surface area contributed by atoms with Crippen molar-refractivity contribution in [2.24, 2.45) is 5.73 Å². The second-order valence-electron chi connectivity index (χ2n) is 8.23. The number of aromatic amines is 1. The third-order valence-corrected chi connectivity index (χ3v) is 5.70. The number of piperidine rings is 1. The predicted octanol–water partition coefficient (Wildman–Crippen LogP) is 3.63. The molecule has 2 atom stereocenters. The lowest BCUT2D eigenvalue weighted by atomic mass is 10.0. The summed E-state index contributed by atoms with van der Waals surface area (Å²) in [5.74, 6) is -1.36. The van der Waals surface area contributed by atoms with Crippen LogP contribution in [-0.4, -0.2) is 58.6 Å². The first-order valence-corrected chi connectivity index (χ1v) is 11.0. The largest absolute Gasteiger partial charge is 0.573 e. The first-order valence-electron chi connectivity index (χ1n) is 11.0. The number of alkyl halides is 4. The number of nitrogens with one attached hydrogen (secondary N) is 1. The van der Waals surface area contributed by atoms with Gasteiger partial charge in [0.25, 0.3) is 5.91 Å². The summed E-state index contributed by atoms with van der Waals surface area (Å²) in [5.41, 5.74) is 7.48. The van der Waals surface area contributed by atoms with Gasteiger partial charge >= 0.3 is 6.36 Å². The van der Waals surface area contributed by atoms with E-state index in [9.17, 15) is 27.2 Å². The summed E-state index contributed by atoms with van der Waals surface area (Å²) in [6.45, 7) is -0.0179. The Morgan fingerprint density at radius 3 is 2.50 bits per heavy atom. The van der Waals surface area contributed by atoms with Crippen molar-refractivity contribution >= 4 is 11.8 Å². The van der Waals surface area contributed by atoms with E-state index in [0.29, 0.717) is 11.1 Å². The van der Waals surface area contributed by atoms with Gasteiger partial charge in [-0.2, -0.15) is 5.10 Å². The Kier molecular flexibility index (Phi) is 7.13. The number of likely N-dealkylation sites (tertiary alicyclic amines) is 1. The van der Waals surface area contributed by atoms with Gasteiger partial charge in [0.05, 0.1) is 24.7 Å². The molecule has 8 nitrogen and oxygen atoms in total. The van der Waals surface area contributed by atoms with E-state index < -0.39 is 30.3 Å². The van der Waals surface area contributed by atoms with Crippen molar-refractivity contribution in [3.05, 3.63) is 66.0 Å². The summed E-state index contributed by atoms with van der Waals surface area (Å²) in [5, 5.41) is 6.54. The number of carbonyl (C=O) groups excluding carboxylic acids is 2. The van der Waals surface area contributed by atoms with Crippen molar-refractivity contribution in [1.82, 2.24) is 15.1 Å². The van der Waals surface area contributed by atoms with Crippen molar-refractivity contribution in [2.75, 3.05) is 13.1 Å². The number of rotatable bonds is 7. The first-order chi connectivity index (χ1) is 17.1. The van der Waals surface area contributed by atoms with E-state index in [2.05, 4.69) is 14.9 Å². The zero-order valence-corrected chi connectivity index (χ0v) is 18.8. The van der Waals surface area contributed by atoms with Crippen molar-refractivity contribution in [3.63, 3.8) is 0 Å². The number of nitrogens with zero attached hydrogens (tertiary/aromatic N) is 2. The molecule has 2 aromatic carbocycles. The van der Waals surface area contributed by atoms with Gasteiger partial charge in [-0.3, -0.25) is 14.7 Å². The average molecular weight is 506 g/mol. The van der Waals surface area contributed by atoms with Crippen LogP contribution in [0.4, 0.5) is 17.6 Å². The Morgan fingerprint density at radius 1 is 1.14 bits per heavy atom. The molecule has 1 aliphatic heterocycles. The summed E-state index contributed by atoms with van der Waals surface area (Å²) in [7, 11) is 0. The molecule has 190 valence electrons. The minimum Gasteiger partial charge on any atom is -0.486 e. The zero-order chi connectivity index (χ0) is 25.9. The Balaban J connectivity index is 1.36. The van der Waals surface area contributed by atoms with E-state index in [0.717, 1.165) is 17.7 Å². The van der Waals surface area contributed by atoms with E-state index in [4.69, 9.17) is 10.5 Å². The van der Waals surface area contributed by atoms with E-state index >= 15 is 0 Å². The maximum absolute atomic E-state index is 15.0. The van der Waals surface area contributed by atoms with Gasteiger partial charge < -0.3 is 20.1 Å². The van der Waals surface area contributed by atoms with Gasteiger partial charge in [0.15, 0.2) is 6.17 Å². The second-order valence-corrected chi connectivity index (χ2v) is 8.23. The summed E-state index contributed by atoms with van der Waals surface area (Å²) in [6.07, 6.45) is -3.94. The van der Waals surface area contributed by atoms with Crippen LogP contribution in [0, 0.1) is 0 Å². The molecule has 0 aliphatic carbocycles. The molecular weight excluding hydrogens is 484 g/mol. The number of aromatic nitrogens is 2. The van der Waals surface area contributed by atoms with Crippen molar-refractivity contribution in [2.45, 2.75) is 31.5 Å². The molecule has 0 radical (unpaired) electrons. The minimum atomic E-state index is -4.81. The zero-order valence-electron chi connectivity index (χ0n) is 18.8. The molecule has 36 heavy (non-hydrogen) atoms. The maximum atomic E-state index is 15.0. The standard InChI is InChI=1S/C24H22F4N4O4/c25-19-13-32(22(33)9-14-1-4-17(5-2-14)36-24(26,27)28)8-7-21(19)35-20-6-3-15(10-18(20)23(29)34)16-11-30-31-12-16/h1-6,10-12,19,21H,7-9,13H2,(H2,29,34)(H,30,31). The third kappa shape index (κ3) is 6.12. The fraction of sp³-hybridized carbons (Fsp3) is 0.292. The van der Waals surface area contributed by atoms with E-state index in [1.165, 1.54) is 17.0 Å². The van der Waals surface area contributed by atoms with Gasteiger partial charge in [-0.25, -0.2) is 4.39 Å². The number of hydrogen-bond donors (Lipinski definition) is 2. The summed E-state index contributed by atoms with van der Waals surface area (Å²) in [4.78, 5) is 25.9. The molecule has 1 fully saturated rings. The van der Waals surface area contributed by atoms with Crippen LogP contribution >= 0.6 is 0 Å². The molecule has 1 aliphatic rings. The summed E-state index contributed by atoms with van der Waals surface area (Å²) < 4.78 is 61.4. The van der Waals surface area contributed by atoms with Crippen LogP contribution in [0.3, 0.4) is 0 Å². The van der Waals surface area contributed by atoms with Crippen LogP contribution in [0.5, 0.6) is 11.5 Å². The molecule has 2 unspecified atom stereocenters. The number of nitrogens with two attached hydrogens (primary N) is 1. The van der Waals surface area contributed by atoms with Gasteiger partial charge in [-0.05, 0) is 35.4 Å². The SMILES string of the molecule is NC(=O)c1cc(-c2cn[nH]c2)ccc1OC1CCN(C(=O)Cc2ccc(OC(F)(F)F)cc2)CC1F. The molecule has 2 amide bonds. The highest BCUT2D eigenvalue weighted by molar-refractivity contribution is 5.97. The van der Waals surface area contributed by atoms with Crippen molar-refractivity contribution < 1.29 is 36.6 Å². The molecule has 3 N–H and O–H groups in total. The first kappa shape index (κ1) is 25.0. The van der Waals surface area contributed by atoms with Crippen LogP contribution in [0.2, 0.25) is 0 Å². The van der Waals surface area contributed by atoms with Crippen LogP contribution in [0.1, 0.15) is 22.3 Å².